The molecule has 0 fully saturated rings. The van der Waals surface area contributed by atoms with Gasteiger partial charge in [-0.3, -0.25) is 0 Å². The highest BCUT2D eigenvalue weighted by atomic mass is 32.2. The molecule has 164 valence electrons. The Hall–Kier alpha value is -3.36. The van der Waals surface area contributed by atoms with Gasteiger partial charge in [0.25, 0.3) is 0 Å². The largest absolute Gasteiger partial charge is 0.455 e. The molecule has 0 aliphatic carbocycles. The highest BCUT2D eigenvalue weighted by molar-refractivity contribution is 7.91. The van der Waals surface area contributed by atoms with Crippen molar-refractivity contribution in [3.63, 3.8) is 0 Å². The number of hydrogen-bond donors (Lipinski definition) is 0. The van der Waals surface area contributed by atoms with E-state index >= 15 is 0 Å². The fourth-order valence-electron chi connectivity index (χ4n) is 3.25. The maximum atomic E-state index is 12.3. The summed E-state index contributed by atoms with van der Waals surface area (Å²) in [6, 6.07) is 20.7. The van der Waals surface area contributed by atoms with Crippen molar-refractivity contribution in [2.24, 2.45) is 0 Å². The normalized spacial score (nSPS) is 12.4. The SMILES string of the molecule is CS(=O)(=O)c1cc(/C=C/c2cc(S(C)(=O)=O)c(-c3ccccc3)o2)oc1-c1ccccc1. The highest BCUT2D eigenvalue weighted by Gasteiger charge is 2.22. The second kappa shape index (κ2) is 8.29. The second-order valence-corrected chi connectivity index (χ2v) is 11.3. The predicted molar refractivity (Wildman–Crippen MR) is 123 cm³/mol. The summed E-state index contributed by atoms with van der Waals surface area (Å²) >= 11 is 0. The lowest BCUT2D eigenvalue weighted by Gasteiger charge is -2.00. The van der Waals surface area contributed by atoms with Crippen molar-refractivity contribution in [1.29, 1.82) is 0 Å². The Morgan fingerprint density at radius 2 is 0.938 bits per heavy atom. The Morgan fingerprint density at radius 3 is 1.25 bits per heavy atom. The number of sulfone groups is 2. The molecule has 0 saturated carbocycles. The van der Waals surface area contributed by atoms with Crippen LogP contribution in [0.25, 0.3) is 34.8 Å². The molecule has 0 amide bonds. The zero-order valence-electron chi connectivity index (χ0n) is 17.3. The van der Waals surface area contributed by atoms with Crippen LogP contribution in [-0.4, -0.2) is 29.3 Å². The molecule has 0 radical (unpaired) electrons. The minimum Gasteiger partial charge on any atom is -0.455 e. The van der Waals surface area contributed by atoms with Crippen molar-refractivity contribution in [1.82, 2.24) is 0 Å². The Balaban J connectivity index is 1.76. The van der Waals surface area contributed by atoms with Crippen molar-refractivity contribution in [3.05, 3.63) is 84.3 Å². The van der Waals surface area contributed by atoms with E-state index in [-0.39, 0.29) is 21.3 Å². The minimum absolute atomic E-state index is 0.0737. The molecule has 6 nitrogen and oxygen atoms in total. The van der Waals surface area contributed by atoms with Gasteiger partial charge >= 0.3 is 0 Å². The molecule has 0 aliphatic heterocycles. The highest BCUT2D eigenvalue weighted by Crippen LogP contribution is 2.34. The van der Waals surface area contributed by atoms with Gasteiger partial charge in [-0.15, -0.1) is 0 Å². The van der Waals surface area contributed by atoms with Gasteiger partial charge in [-0.2, -0.15) is 0 Å². The molecule has 4 rings (SSSR count). The van der Waals surface area contributed by atoms with Crippen LogP contribution in [0.5, 0.6) is 0 Å². The third kappa shape index (κ3) is 4.61. The number of hydrogen-bond acceptors (Lipinski definition) is 6. The molecule has 2 aromatic carbocycles. The molecule has 0 atom stereocenters. The number of rotatable bonds is 6. The van der Waals surface area contributed by atoms with Gasteiger partial charge in [0.15, 0.2) is 31.2 Å². The molecule has 0 N–H and O–H groups in total. The molecular formula is C24H20O6S2. The summed E-state index contributed by atoms with van der Waals surface area (Å²) in [6.45, 7) is 0. The van der Waals surface area contributed by atoms with Gasteiger partial charge in [0, 0.05) is 35.8 Å². The molecule has 0 spiro atoms. The topological polar surface area (TPSA) is 94.6 Å². The molecule has 2 aromatic heterocycles. The fraction of sp³-hybridized carbons (Fsp3) is 0.0833. The van der Waals surface area contributed by atoms with E-state index in [0.29, 0.717) is 22.6 Å². The lowest BCUT2D eigenvalue weighted by Crippen LogP contribution is -1.96. The standard InChI is InChI=1S/C24H20O6S2/c1-31(25,26)21-15-19(29-23(21)17-9-5-3-6-10-17)13-14-20-16-22(32(2,27)28)24(30-20)18-11-7-4-8-12-18/h3-16H,1-2H3/b14-13+. The van der Waals surface area contributed by atoms with E-state index in [1.165, 1.54) is 12.1 Å². The molecule has 0 bridgehead atoms. The van der Waals surface area contributed by atoms with E-state index in [4.69, 9.17) is 8.83 Å². The van der Waals surface area contributed by atoms with Gasteiger partial charge in [-0.25, -0.2) is 16.8 Å². The second-order valence-electron chi connectivity index (χ2n) is 7.29. The summed E-state index contributed by atoms with van der Waals surface area (Å²) in [4.78, 5) is 0.147. The summed E-state index contributed by atoms with van der Waals surface area (Å²) in [7, 11) is -7.06. The first-order valence-corrected chi connectivity index (χ1v) is 13.4. The van der Waals surface area contributed by atoms with Crippen LogP contribution in [0.1, 0.15) is 11.5 Å². The van der Waals surface area contributed by atoms with E-state index in [9.17, 15) is 16.8 Å². The molecule has 0 saturated heterocycles. The van der Waals surface area contributed by atoms with Gasteiger partial charge in [-0.1, -0.05) is 60.7 Å². The van der Waals surface area contributed by atoms with E-state index in [1.807, 2.05) is 12.1 Å². The van der Waals surface area contributed by atoms with Gasteiger partial charge in [0.1, 0.15) is 21.3 Å². The van der Waals surface area contributed by atoms with E-state index in [1.54, 1.807) is 60.7 Å². The quantitative estimate of drug-likeness (QED) is 0.387. The Morgan fingerprint density at radius 1 is 0.594 bits per heavy atom. The maximum Gasteiger partial charge on any atom is 0.179 e. The third-order valence-corrected chi connectivity index (χ3v) is 6.92. The lowest BCUT2D eigenvalue weighted by molar-refractivity contribution is 0.559. The maximum absolute atomic E-state index is 12.3. The smallest absolute Gasteiger partial charge is 0.179 e. The van der Waals surface area contributed by atoms with Crippen LogP contribution in [-0.2, 0) is 19.7 Å². The molecule has 8 heteroatoms. The van der Waals surface area contributed by atoms with Crippen LogP contribution < -0.4 is 0 Å². The van der Waals surface area contributed by atoms with Crippen LogP contribution in [0.2, 0.25) is 0 Å². The minimum atomic E-state index is -3.53. The molecule has 2 heterocycles. The van der Waals surface area contributed by atoms with Crippen molar-refractivity contribution in [2.45, 2.75) is 9.79 Å². The summed E-state index contributed by atoms with van der Waals surface area (Å²) < 4.78 is 60.7. The number of benzene rings is 2. The third-order valence-electron chi connectivity index (χ3n) is 4.72. The monoisotopic (exact) mass is 468 g/mol. The van der Waals surface area contributed by atoms with Gasteiger partial charge in [-0.05, 0) is 12.2 Å². The van der Waals surface area contributed by atoms with Gasteiger partial charge in [0.05, 0.1) is 0 Å². The van der Waals surface area contributed by atoms with Crippen LogP contribution in [0.3, 0.4) is 0 Å². The first-order valence-electron chi connectivity index (χ1n) is 9.59. The van der Waals surface area contributed by atoms with E-state index in [0.717, 1.165) is 12.5 Å². The van der Waals surface area contributed by atoms with Crippen molar-refractivity contribution in [3.8, 4) is 22.6 Å². The Labute approximate surface area is 186 Å². The molecular weight excluding hydrogens is 448 g/mol. The Kier molecular flexibility index (Phi) is 5.66. The summed E-state index contributed by atoms with van der Waals surface area (Å²) in [5, 5.41) is 0. The summed E-state index contributed by atoms with van der Waals surface area (Å²) in [6.07, 6.45) is 5.32. The van der Waals surface area contributed by atoms with E-state index < -0.39 is 19.7 Å². The van der Waals surface area contributed by atoms with Crippen LogP contribution in [0.4, 0.5) is 0 Å². The van der Waals surface area contributed by atoms with Gasteiger partial charge in [0.2, 0.25) is 0 Å². The van der Waals surface area contributed by atoms with Crippen molar-refractivity contribution < 1.29 is 25.7 Å². The summed E-state index contributed by atoms with van der Waals surface area (Å²) in [5.41, 5.74) is 1.27. The van der Waals surface area contributed by atoms with E-state index in [2.05, 4.69) is 0 Å². The average molecular weight is 469 g/mol. The predicted octanol–water partition coefficient (Wildman–Crippen LogP) is 5.18. The first kappa shape index (κ1) is 21.9. The zero-order chi connectivity index (χ0) is 22.9. The molecule has 0 aliphatic rings. The Bertz CT molecular complexity index is 1380. The molecule has 4 aromatic rings. The van der Waals surface area contributed by atoms with Crippen molar-refractivity contribution in [2.75, 3.05) is 12.5 Å². The van der Waals surface area contributed by atoms with Gasteiger partial charge < -0.3 is 8.83 Å². The van der Waals surface area contributed by atoms with Crippen LogP contribution in [0.15, 0.2) is 91.4 Å². The molecule has 32 heavy (non-hydrogen) atoms. The first-order chi connectivity index (χ1) is 15.1. The number of furan rings is 2. The zero-order valence-corrected chi connectivity index (χ0v) is 19.0. The van der Waals surface area contributed by atoms with Crippen molar-refractivity contribution >= 4 is 31.8 Å². The fourth-order valence-corrected chi connectivity index (χ4v) is 4.90. The summed E-state index contributed by atoms with van der Waals surface area (Å²) in [5.74, 6) is 1.08. The molecule has 0 unspecified atom stereocenters. The van der Waals surface area contributed by atoms with Crippen LogP contribution >= 0.6 is 0 Å². The average Bonchev–Trinajstić information content (AvgIpc) is 3.38. The lowest BCUT2D eigenvalue weighted by atomic mass is 10.2. The van der Waals surface area contributed by atoms with Crippen LogP contribution in [0, 0.1) is 0 Å².